The first-order valence-corrected chi connectivity index (χ1v) is 8.59. The monoisotopic (exact) mass is 314 g/mol. The molecule has 0 radical (unpaired) electrons. The van der Waals surface area contributed by atoms with Crippen LogP contribution in [-0.2, 0) is 14.8 Å². The van der Waals surface area contributed by atoms with Crippen LogP contribution >= 0.6 is 0 Å². The topological polar surface area (TPSA) is 75.7 Å². The fraction of sp³-hybridized carbons (Fsp3) is 0.500. The van der Waals surface area contributed by atoms with Crippen LogP contribution in [0.5, 0.6) is 5.75 Å². The lowest BCUT2D eigenvalue weighted by molar-refractivity contribution is -0.127. The number of sulfonamides is 1. The molecule has 0 fully saturated rings. The molecule has 0 aliphatic heterocycles. The predicted molar refractivity (Wildman–Crippen MR) is 83.1 cm³/mol. The second-order valence-electron chi connectivity index (χ2n) is 4.78. The van der Waals surface area contributed by atoms with E-state index >= 15 is 0 Å². The van der Waals surface area contributed by atoms with Gasteiger partial charge in [-0.1, -0.05) is 6.92 Å². The van der Waals surface area contributed by atoms with Crippen molar-refractivity contribution in [3.63, 3.8) is 0 Å². The fourth-order valence-corrected chi connectivity index (χ4v) is 2.08. The summed E-state index contributed by atoms with van der Waals surface area (Å²) in [6.07, 6.45) is 1.40. The van der Waals surface area contributed by atoms with Crippen molar-refractivity contribution in [3.05, 3.63) is 24.3 Å². The third-order valence-electron chi connectivity index (χ3n) is 2.93. The number of rotatable bonds is 7. The number of benzene rings is 1. The number of hydrogen-bond donors (Lipinski definition) is 1. The molecule has 0 heterocycles. The minimum Gasteiger partial charge on any atom is -0.481 e. The molecule has 1 N–H and O–H groups in total. The molecule has 0 saturated carbocycles. The molecule has 6 nitrogen and oxygen atoms in total. The van der Waals surface area contributed by atoms with Gasteiger partial charge in [-0.05, 0) is 37.6 Å². The molecule has 1 amide bonds. The molecule has 1 unspecified atom stereocenters. The molecule has 0 spiro atoms. The Balaban J connectivity index is 2.69. The van der Waals surface area contributed by atoms with Gasteiger partial charge in [0.1, 0.15) is 5.75 Å². The van der Waals surface area contributed by atoms with Crippen LogP contribution in [0.25, 0.3) is 0 Å². The Bertz CT molecular complexity index is 569. The van der Waals surface area contributed by atoms with Crippen molar-refractivity contribution in [2.45, 2.75) is 26.4 Å². The Morgan fingerprint density at radius 3 is 2.38 bits per heavy atom. The van der Waals surface area contributed by atoms with Gasteiger partial charge in [-0.2, -0.15) is 0 Å². The average Bonchev–Trinajstić information content (AvgIpc) is 2.43. The van der Waals surface area contributed by atoms with Gasteiger partial charge in [0.25, 0.3) is 5.91 Å². The summed E-state index contributed by atoms with van der Waals surface area (Å²) in [5.74, 6) is 0.342. The van der Waals surface area contributed by atoms with Gasteiger partial charge in [0.05, 0.1) is 11.9 Å². The number of anilines is 1. The van der Waals surface area contributed by atoms with Crippen LogP contribution < -0.4 is 14.4 Å². The molecule has 0 aliphatic rings. The van der Waals surface area contributed by atoms with Gasteiger partial charge in [0.2, 0.25) is 10.0 Å². The number of hydrogen-bond acceptors (Lipinski definition) is 4. The Hall–Kier alpha value is -1.76. The third-order valence-corrected chi connectivity index (χ3v) is 4.13. The second kappa shape index (κ2) is 7.31. The number of carbonyl (C=O) groups is 1. The minimum absolute atomic E-state index is 0.172. The van der Waals surface area contributed by atoms with Gasteiger partial charge in [0, 0.05) is 13.6 Å². The zero-order chi connectivity index (χ0) is 16.0. The molecule has 0 bridgehead atoms. The molecule has 21 heavy (non-hydrogen) atoms. The summed E-state index contributed by atoms with van der Waals surface area (Å²) < 4.78 is 29.5. The molecule has 0 saturated heterocycles. The molecule has 1 aromatic carbocycles. The maximum absolute atomic E-state index is 11.7. The summed E-state index contributed by atoms with van der Waals surface area (Å²) in [5.41, 5.74) is 0.535. The van der Waals surface area contributed by atoms with E-state index in [1.807, 2.05) is 6.92 Å². The van der Waals surface area contributed by atoms with Crippen molar-refractivity contribution < 1.29 is 17.9 Å². The van der Waals surface area contributed by atoms with Crippen LogP contribution in [0.3, 0.4) is 0 Å². The standard InChI is InChI=1S/C14H22N2O4S/c1-5-10-15-14(17)11(2)20-13-8-6-12(7-9-13)16(3)21(4,18)19/h6-9,11H,5,10H2,1-4H3,(H,15,17). The van der Waals surface area contributed by atoms with Crippen molar-refractivity contribution >= 4 is 21.6 Å². The molecule has 118 valence electrons. The van der Waals surface area contributed by atoms with Gasteiger partial charge >= 0.3 is 0 Å². The molecule has 7 heteroatoms. The highest BCUT2D eigenvalue weighted by atomic mass is 32.2. The van der Waals surface area contributed by atoms with E-state index in [0.717, 1.165) is 12.7 Å². The van der Waals surface area contributed by atoms with Gasteiger partial charge in [0.15, 0.2) is 6.10 Å². The van der Waals surface area contributed by atoms with Gasteiger partial charge in [-0.15, -0.1) is 0 Å². The summed E-state index contributed by atoms with van der Waals surface area (Å²) in [6, 6.07) is 6.54. The van der Waals surface area contributed by atoms with E-state index in [2.05, 4.69) is 5.32 Å². The van der Waals surface area contributed by atoms with Crippen LogP contribution in [0.4, 0.5) is 5.69 Å². The largest absolute Gasteiger partial charge is 0.481 e. The summed E-state index contributed by atoms with van der Waals surface area (Å²) in [4.78, 5) is 11.7. The quantitative estimate of drug-likeness (QED) is 0.825. The van der Waals surface area contributed by atoms with Crippen LogP contribution in [0.1, 0.15) is 20.3 Å². The van der Waals surface area contributed by atoms with E-state index in [9.17, 15) is 13.2 Å². The van der Waals surface area contributed by atoms with Gasteiger partial charge < -0.3 is 10.1 Å². The Labute approximate surface area is 126 Å². The highest BCUT2D eigenvalue weighted by Crippen LogP contribution is 2.20. The third kappa shape index (κ3) is 5.26. The molecule has 1 rings (SSSR count). The van der Waals surface area contributed by atoms with Crippen LogP contribution in [0.2, 0.25) is 0 Å². The van der Waals surface area contributed by atoms with Crippen LogP contribution in [0, 0.1) is 0 Å². The van der Waals surface area contributed by atoms with Crippen molar-refractivity contribution in [1.29, 1.82) is 0 Å². The van der Waals surface area contributed by atoms with Gasteiger partial charge in [-0.25, -0.2) is 8.42 Å². The van der Waals surface area contributed by atoms with Crippen molar-refractivity contribution in [2.75, 3.05) is 24.2 Å². The van der Waals surface area contributed by atoms with Gasteiger partial charge in [-0.3, -0.25) is 9.10 Å². The maximum Gasteiger partial charge on any atom is 0.260 e. The van der Waals surface area contributed by atoms with Crippen LogP contribution in [-0.4, -0.2) is 40.3 Å². The van der Waals surface area contributed by atoms with Crippen molar-refractivity contribution in [3.8, 4) is 5.75 Å². The summed E-state index contributed by atoms with van der Waals surface area (Å²) in [5, 5.41) is 2.75. The zero-order valence-electron chi connectivity index (χ0n) is 12.8. The van der Waals surface area contributed by atoms with E-state index in [1.165, 1.54) is 11.4 Å². The number of ether oxygens (including phenoxy) is 1. The lowest BCUT2D eigenvalue weighted by Gasteiger charge is -2.18. The predicted octanol–water partition coefficient (Wildman–Crippen LogP) is 1.38. The summed E-state index contributed by atoms with van der Waals surface area (Å²) in [7, 11) is -1.81. The molecule has 1 atom stereocenters. The Morgan fingerprint density at radius 2 is 1.90 bits per heavy atom. The summed E-state index contributed by atoms with van der Waals surface area (Å²) in [6.45, 7) is 4.26. The lowest BCUT2D eigenvalue weighted by atomic mass is 10.3. The first-order chi connectivity index (χ1) is 9.75. The van der Waals surface area contributed by atoms with E-state index in [-0.39, 0.29) is 5.91 Å². The number of amides is 1. The van der Waals surface area contributed by atoms with E-state index in [0.29, 0.717) is 18.0 Å². The Morgan fingerprint density at radius 1 is 1.33 bits per heavy atom. The van der Waals surface area contributed by atoms with E-state index in [4.69, 9.17) is 4.74 Å². The molecular weight excluding hydrogens is 292 g/mol. The van der Waals surface area contributed by atoms with Crippen molar-refractivity contribution in [1.82, 2.24) is 5.32 Å². The molecule has 1 aromatic rings. The number of nitrogens with zero attached hydrogens (tertiary/aromatic N) is 1. The average molecular weight is 314 g/mol. The fourth-order valence-electron chi connectivity index (χ4n) is 1.58. The molecule has 0 aromatic heterocycles. The highest BCUT2D eigenvalue weighted by Gasteiger charge is 2.15. The minimum atomic E-state index is -3.29. The molecule has 0 aliphatic carbocycles. The highest BCUT2D eigenvalue weighted by molar-refractivity contribution is 7.92. The molecular formula is C14H22N2O4S. The van der Waals surface area contributed by atoms with E-state index in [1.54, 1.807) is 31.2 Å². The van der Waals surface area contributed by atoms with E-state index < -0.39 is 16.1 Å². The lowest BCUT2D eigenvalue weighted by Crippen LogP contribution is -2.36. The zero-order valence-corrected chi connectivity index (χ0v) is 13.6. The Kier molecular flexibility index (Phi) is 6.02. The summed E-state index contributed by atoms with van der Waals surface area (Å²) >= 11 is 0. The number of carbonyl (C=O) groups excluding carboxylic acids is 1. The number of nitrogens with one attached hydrogen (secondary N) is 1. The van der Waals surface area contributed by atoms with Crippen molar-refractivity contribution in [2.24, 2.45) is 0 Å². The smallest absolute Gasteiger partial charge is 0.260 e. The normalized spacial score (nSPS) is 12.6. The first kappa shape index (κ1) is 17.3. The first-order valence-electron chi connectivity index (χ1n) is 6.74. The second-order valence-corrected chi connectivity index (χ2v) is 6.79. The SMILES string of the molecule is CCCNC(=O)C(C)Oc1ccc(N(C)S(C)(=O)=O)cc1. The van der Waals surface area contributed by atoms with Crippen LogP contribution in [0.15, 0.2) is 24.3 Å². The maximum atomic E-state index is 11.7.